The molecule has 1 atom stereocenters. The van der Waals surface area contributed by atoms with Crippen LogP contribution in [0.15, 0.2) is 62.6 Å². The fraction of sp³-hybridized carbons (Fsp3) is 0.273. The summed E-state index contributed by atoms with van der Waals surface area (Å²) in [6, 6.07) is 13.8. The fourth-order valence-electron chi connectivity index (χ4n) is 3.09. The first-order valence-corrected chi connectivity index (χ1v) is 10.6. The molecule has 1 heterocycles. The second kappa shape index (κ2) is 10.0. The van der Waals surface area contributed by atoms with E-state index in [9.17, 15) is 14.4 Å². The maximum atomic E-state index is 13.5. The molecule has 0 radical (unpaired) electrons. The minimum Gasteiger partial charge on any atom is -0.306 e. The SMILES string of the molecule is CC(C)(C)C(Cc1ccccc1)C(=O)Nc1nonc1C(=Nc1ccc(F)c(Br)c1)NO. The summed E-state index contributed by atoms with van der Waals surface area (Å²) >= 11 is 3.08. The van der Waals surface area contributed by atoms with Crippen molar-refractivity contribution in [3.05, 3.63) is 70.1 Å². The number of carbonyl (C=O) groups excluding carboxylic acids is 1. The lowest BCUT2D eigenvalue weighted by Gasteiger charge is -2.29. The summed E-state index contributed by atoms with van der Waals surface area (Å²) in [5, 5.41) is 19.8. The van der Waals surface area contributed by atoms with Crippen LogP contribution in [0.4, 0.5) is 15.9 Å². The normalized spacial score (nSPS) is 13.0. The van der Waals surface area contributed by atoms with Gasteiger partial charge in [-0.15, -0.1) is 0 Å². The monoisotopic (exact) mass is 503 g/mol. The van der Waals surface area contributed by atoms with Gasteiger partial charge >= 0.3 is 0 Å². The zero-order chi connectivity index (χ0) is 23.3. The number of anilines is 1. The predicted octanol–water partition coefficient (Wildman–Crippen LogP) is 4.87. The second-order valence-electron chi connectivity index (χ2n) is 8.23. The third-order valence-corrected chi connectivity index (χ3v) is 5.46. The van der Waals surface area contributed by atoms with E-state index in [4.69, 9.17) is 4.63 Å². The molecular weight excluding hydrogens is 481 g/mol. The maximum Gasteiger partial charge on any atom is 0.229 e. The van der Waals surface area contributed by atoms with E-state index in [0.29, 0.717) is 12.1 Å². The van der Waals surface area contributed by atoms with Gasteiger partial charge in [-0.2, -0.15) is 0 Å². The van der Waals surface area contributed by atoms with Gasteiger partial charge in [0.25, 0.3) is 0 Å². The number of amides is 1. The highest BCUT2D eigenvalue weighted by atomic mass is 79.9. The summed E-state index contributed by atoms with van der Waals surface area (Å²) in [6.45, 7) is 5.95. The van der Waals surface area contributed by atoms with Crippen molar-refractivity contribution in [2.45, 2.75) is 27.2 Å². The van der Waals surface area contributed by atoms with Crippen LogP contribution in [0.3, 0.4) is 0 Å². The van der Waals surface area contributed by atoms with Crippen LogP contribution >= 0.6 is 15.9 Å². The topological polar surface area (TPSA) is 113 Å². The van der Waals surface area contributed by atoms with E-state index in [2.05, 4.69) is 36.6 Å². The number of rotatable bonds is 6. The molecule has 3 N–H and O–H groups in total. The van der Waals surface area contributed by atoms with Gasteiger partial charge in [0.05, 0.1) is 10.2 Å². The van der Waals surface area contributed by atoms with Gasteiger partial charge in [-0.25, -0.2) is 14.0 Å². The Morgan fingerprint density at radius 1 is 1.22 bits per heavy atom. The Hall–Kier alpha value is -3.11. The molecule has 3 rings (SSSR count). The number of hydrogen-bond acceptors (Lipinski definition) is 6. The lowest BCUT2D eigenvalue weighted by Crippen LogP contribution is -2.35. The number of amidine groups is 1. The highest BCUT2D eigenvalue weighted by molar-refractivity contribution is 9.10. The lowest BCUT2D eigenvalue weighted by molar-refractivity contribution is -0.123. The van der Waals surface area contributed by atoms with E-state index in [-0.39, 0.29) is 39.1 Å². The van der Waals surface area contributed by atoms with Crippen LogP contribution in [0, 0.1) is 17.2 Å². The summed E-state index contributed by atoms with van der Waals surface area (Å²) in [6.07, 6.45) is 0.527. The molecule has 0 aliphatic rings. The summed E-state index contributed by atoms with van der Waals surface area (Å²) in [7, 11) is 0. The van der Waals surface area contributed by atoms with Crippen molar-refractivity contribution >= 4 is 39.2 Å². The first kappa shape index (κ1) is 23.6. The third-order valence-electron chi connectivity index (χ3n) is 4.85. The summed E-state index contributed by atoms with van der Waals surface area (Å²) < 4.78 is 18.5. The number of halogens is 2. The van der Waals surface area contributed by atoms with E-state index in [0.717, 1.165) is 5.56 Å². The van der Waals surface area contributed by atoms with Gasteiger partial charge in [-0.05, 0) is 61.8 Å². The molecule has 0 aliphatic heterocycles. The van der Waals surface area contributed by atoms with Crippen molar-refractivity contribution in [1.82, 2.24) is 15.8 Å². The molecular formula is C22H23BrFN5O3. The Morgan fingerprint density at radius 2 is 1.94 bits per heavy atom. The lowest BCUT2D eigenvalue weighted by atomic mass is 9.76. The van der Waals surface area contributed by atoms with Gasteiger partial charge in [0, 0.05) is 5.92 Å². The largest absolute Gasteiger partial charge is 0.306 e. The number of hydroxylamine groups is 1. The highest BCUT2D eigenvalue weighted by Gasteiger charge is 2.33. The van der Waals surface area contributed by atoms with Gasteiger partial charge in [0.2, 0.25) is 11.7 Å². The van der Waals surface area contributed by atoms with Gasteiger partial charge in [0.15, 0.2) is 11.5 Å². The highest BCUT2D eigenvalue weighted by Crippen LogP contribution is 2.31. The van der Waals surface area contributed by atoms with Gasteiger partial charge in [0.1, 0.15) is 5.82 Å². The molecule has 0 saturated carbocycles. The molecule has 32 heavy (non-hydrogen) atoms. The second-order valence-corrected chi connectivity index (χ2v) is 9.08. The number of carbonyl (C=O) groups is 1. The molecule has 1 amide bonds. The number of benzene rings is 2. The summed E-state index contributed by atoms with van der Waals surface area (Å²) in [5.41, 5.74) is 2.93. The van der Waals surface area contributed by atoms with Crippen molar-refractivity contribution in [3.8, 4) is 0 Å². The smallest absolute Gasteiger partial charge is 0.229 e. The molecule has 0 aliphatic carbocycles. The van der Waals surface area contributed by atoms with Crippen LogP contribution in [0.5, 0.6) is 0 Å². The molecule has 0 spiro atoms. The molecule has 0 saturated heterocycles. The van der Waals surface area contributed by atoms with Gasteiger partial charge in [-0.1, -0.05) is 51.1 Å². The van der Waals surface area contributed by atoms with Gasteiger partial charge < -0.3 is 5.32 Å². The van der Waals surface area contributed by atoms with Crippen molar-refractivity contribution < 1.29 is 19.0 Å². The Labute approximate surface area is 193 Å². The van der Waals surface area contributed by atoms with E-state index < -0.39 is 5.82 Å². The summed E-state index contributed by atoms with van der Waals surface area (Å²) in [4.78, 5) is 17.4. The number of hydrogen-bond donors (Lipinski definition) is 3. The third kappa shape index (κ3) is 5.77. The maximum absolute atomic E-state index is 13.5. The zero-order valence-corrected chi connectivity index (χ0v) is 19.4. The molecule has 10 heteroatoms. The van der Waals surface area contributed by atoms with Crippen molar-refractivity contribution in [1.29, 1.82) is 0 Å². The van der Waals surface area contributed by atoms with Crippen LogP contribution in [0.25, 0.3) is 0 Å². The molecule has 168 valence electrons. The van der Waals surface area contributed by atoms with E-state index in [1.54, 1.807) is 0 Å². The molecule has 8 nitrogen and oxygen atoms in total. The quantitative estimate of drug-likeness (QED) is 0.251. The molecule has 3 aromatic rings. The number of nitrogens with zero attached hydrogens (tertiary/aromatic N) is 3. The Bertz CT molecular complexity index is 1110. The zero-order valence-electron chi connectivity index (χ0n) is 17.8. The minimum atomic E-state index is -0.454. The average Bonchev–Trinajstić information content (AvgIpc) is 3.20. The van der Waals surface area contributed by atoms with Gasteiger partial charge in [-0.3, -0.25) is 15.5 Å². The van der Waals surface area contributed by atoms with Crippen LogP contribution in [-0.4, -0.2) is 27.3 Å². The first-order chi connectivity index (χ1) is 15.2. The van der Waals surface area contributed by atoms with Crippen molar-refractivity contribution in [3.63, 3.8) is 0 Å². The van der Waals surface area contributed by atoms with Crippen molar-refractivity contribution in [2.24, 2.45) is 16.3 Å². The standard InChI is InChI=1S/C22H23BrFN5O3/c1-22(2,3)15(11-13-7-5-4-6-8-13)21(30)26-20-18(28-32-29-20)19(27-31)25-14-9-10-17(24)16(23)12-14/h4-10,12,15,31H,11H2,1-3H3,(H,25,27)(H,26,29,30). The molecule has 2 aromatic carbocycles. The minimum absolute atomic E-state index is 0.00112. The van der Waals surface area contributed by atoms with E-state index in [1.807, 2.05) is 56.6 Å². The Balaban J connectivity index is 1.86. The molecule has 0 fully saturated rings. The average molecular weight is 504 g/mol. The number of aliphatic imine (C=N–C) groups is 1. The van der Waals surface area contributed by atoms with Crippen LogP contribution in [-0.2, 0) is 11.2 Å². The van der Waals surface area contributed by atoms with Crippen LogP contribution < -0.4 is 10.8 Å². The van der Waals surface area contributed by atoms with Crippen molar-refractivity contribution in [2.75, 3.05) is 5.32 Å². The first-order valence-electron chi connectivity index (χ1n) is 9.80. The Kier molecular flexibility index (Phi) is 7.37. The van der Waals surface area contributed by atoms with Crippen LogP contribution in [0.2, 0.25) is 0 Å². The molecule has 0 bridgehead atoms. The molecule has 1 unspecified atom stereocenters. The predicted molar refractivity (Wildman–Crippen MR) is 121 cm³/mol. The molecule has 1 aromatic heterocycles. The van der Waals surface area contributed by atoms with E-state index >= 15 is 0 Å². The van der Waals surface area contributed by atoms with Crippen LogP contribution in [0.1, 0.15) is 32.0 Å². The summed E-state index contributed by atoms with van der Waals surface area (Å²) in [5.74, 6) is -1.25. The number of aromatic nitrogens is 2. The fourth-order valence-corrected chi connectivity index (χ4v) is 3.45. The number of nitrogens with one attached hydrogen (secondary N) is 2. The van der Waals surface area contributed by atoms with E-state index in [1.165, 1.54) is 18.2 Å². The Morgan fingerprint density at radius 3 is 2.56 bits per heavy atom.